The van der Waals surface area contributed by atoms with Gasteiger partial charge in [-0.25, -0.2) is 0 Å². The Bertz CT molecular complexity index is 437. The van der Waals surface area contributed by atoms with Crippen LogP contribution in [-0.4, -0.2) is 39.0 Å². The summed E-state index contributed by atoms with van der Waals surface area (Å²) < 4.78 is 16.8. The third-order valence-electron chi connectivity index (χ3n) is 4.05. The maximum atomic E-state index is 5.96. The number of rotatable bonds is 5. The van der Waals surface area contributed by atoms with E-state index in [9.17, 15) is 0 Å². The quantitative estimate of drug-likeness (QED) is 0.895. The van der Waals surface area contributed by atoms with E-state index in [1.54, 1.807) is 7.11 Å². The summed E-state index contributed by atoms with van der Waals surface area (Å²) in [5.41, 5.74) is 1.30. The molecule has 1 N–H and O–H groups in total. The molecule has 2 fully saturated rings. The first kappa shape index (κ1) is 13.7. The van der Waals surface area contributed by atoms with Crippen LogP contribution in [0.25, 0.3) is 0 Å². The van der Waals surface area contributed by atoms with Gasteiger partial charge < -0.3 is 19.5 Å². The maximum absolute atomic E-state index is 5.96. The van der Waals surface area contributed by atoms with Gasteiger partial charge in [-0.15, -0.1) is 0 Å². The minimum Gasteiger partial charge on any atom is -0.493 e. The average Bonchev–Trinajstić information content (AvgIpc) is 3.14. The van der Waals surface area contributed by atoms with E-state index in [0.29, 0.717) is 12.6 Å². The number of ether oxygens (including phenoxy) is 3. The molecule has 20 heavy (non-hydrogen) atoms. The molecule has 0 spiro atoms. The first-order valence-corrected chi connectivity index (χ1v) is 7.50. The predicted octanol–water partition coefficient (Wildman–Crippen LogP) is 2.16. The molecule has 0 saturated carbocycles. The van der Waals surface area contributed by atoms with Gasteiger partial charge in [0.2, 0.25) is 0 Å². The fourth-order valence-corrected chi connectivity index (χ4v) is 2.94. The molecule has 2 aliphatic rings. The highest BCUT2D eigenvalue weighted by atomic mass is 16.6. The third kappa shape index (κ3) is 3.25. The highest BCUT2D eigenvalue weighted by molar-refractivity contribution is 5.43. The van der Waals surface area contributed by atoms with Crippen LogP contribution in [-0.2, 0) is 11.2 Å². The number of methoxy groups -OCH3 is 1. The van der Waals surface area contributed by atoms with Crippen molar-refractivity contribution >= 4 is 0 Å². The van der Waals surface area contributed by atoms with Crippen molar-refractivity contribution in [2.24, 2.45) is 0 Å². The molecule has 2 heterocycles. The fraction of sp³-hybridized carbons (Fsp3) is 0.625. The molecule has 1 aromatic rings. The second kappa shape index (κ2) is 6.46. The van der Waals surface area contributed by atoms with Crippen molar-refractivity contribution in [3.63, 3.8) is 0 Å². The highest BCUT2D eigenvalue weighted by Crippen LogP contribution is 2.31. The zero-order valence-electron chi connectivity index (χ0n) is 12.1. The lowest BCUT2D eigenvalue weighted by Gasteiger charge is -2.17. The molecular weight excluding hydrogens is 254 g/mol. The van der Waals surface area contributed by atoms with Crippen LogP contribution < -0.4 is 14.8 Å². The third-order valence-corrected chi connectivity index (χ3v) is 4.05. The fourth-order valence-electron chi connectivity index (χ4n) is 2.94. The van der Waals surface area contributed by atoms with Crippen molar-refractivity contribution in [3.8, 4) is 11.5 Å². The smallest absolute Gasteiger partial charge is 0.161 e. The molecule has 0 radical (unpaired) electrons. The highest BCUT2D eigenvalue weighted by Gasteiger charge is 2.20. The summed E-state index contributed by atoms with van der Waals surface area (Å²) in [7, 11) is 1.70. The van der Waals surface area contributed by atoms with E-state index in [2.05, 4.69) is 17.4 Å². The lowest BCUT2D eigenvalue weighted by atomic mass is 10.0. The van der Waals surface area contributed by atoms with Crippen LogP contribution in [0.1, 0.15) is 24.8 Å². The van der Waals surface area contributed by atoms with Crippen LogP contribution in [0.3, 0.4) is 0 Å². The lowest BCUT2D eigenvalue weighted by Crippen LogP contribution is -2.23. The molecule has 0 aromatic heterocycles. The zero-order valence-corrected chi connectivity index (χ0v) is 12.1. The largest absolute Gasteiger partial charge is 0.493 e. The second-order valence-corrected chi connectivity index (χ2v) is 5.59. The van der Waals surface area contributed by atoms with E-state index < -0.39 is 0 Å². The van der Waals surface area contributed by atoms with Crippen LogP contribution in [0.2, 0.25) is 0 Å². The Balaban J connectivity index is 1.67. The number of hydrogen-bond donors (Lipinski definition) is 1. The van der Waals surface area contributed by atoms with E-state index in [1.165, 1.54) is 18.4 Å². The molecule has 110 valence electrons. The minimum atomic E-state index is 0.159. The summed E-state index contributed by atoms with van der Waals surface area (Å²) >= 11 is 0. The van der Waals surface area contributed by atoms with Gasteiger partial charge in [0.25, 0.3) is 0 Å². The van der Waals surface area contributed by atoms with Gasteiger partial charge in [-0.1, -0.05) is 6.07 Å². The molecule has 2 saturated heterocycles. The average molecular weight is 277 g/mol. The predicted molar refractivity (Wildman–Crippen MR) is 77.6 cm³/mol. The summed E-state index contributed by atoms with van der Waals surface area (Å²) in [5, 5.41) is 3.53. The lowest BCUT2D eigenvalue weighted by molar-refractivity contribution is 0.138. The van der Waals surface area contributed by atoms with E-state index >= 15 is 0 Å². The number of benzene rings is 1. The number of nitrogens with one attached hydrogen (secondary N) is 1. The van der Waals surface area contributed by atoms with Gasteiger partial charge in [0.05, 0.1) is 20.3 Å². The van der Waals surface area contributed by atoms with E-state index in [4.69, 9.17) is 14.2 Å². The SMILES string of the molecule is COc1cc(CC2CCCN2)ccc1OC1CCOC1. The first-order valence-electron chi connectivity index (χ1n) is 7.50. The molecule has 0 bridgehead atoms. The van der Waals surface area contributed by atoms with Gasteiger partial charge in [0.15, 0.2) is 11.5 Å². The van der Waals surface area contributed by atoms with Crippen molar-refractivity contribution in [1.82, 2.24) is 5.32 Å². The van der Waals surface area contributed by atoms with Crippen LogP contribution in [0.4, 0.5) is 0 Å². The molecule has 1 aromatic carbocycles. The summed E-state index contributed by atoms with van der Waals surface area (Å²) in [6.45, 7) is 2.61. The Hall–Kier alpha value is -1.26. The van der Waals surface area contributed by atoms with Crippen molar-refractivity contribution < 1.29 is 14.2 Å². The summed E-state index contributed by atoms with van der Waals surface area (Å²) in [6.07, 6.45) is 4.72. The van der Waals surface area contributed by atoms with Crippen molar-refractivity contribution in [2.45, 2.75) is 37.8 Å². The normalized spacial score (nSPS) is 25.9. The van der Waals surface area contributed by atoms with Gasteiger partial charge >= 0.3 is 0 Å². The second-order valence-electron chi connectivity index (χ2n) is 5.59. The molecule has 3 rings (SSSR count). The Labute approximate surface area is 120 Å². The Morgan fingerprint density at radius 1 is 1.30 bits per heavy atom. The maximum Gasteiger partial charge on any atom is 0.161 e. The molecule has 2 unspecified atom stereocenters. The molecule has 4 nitrogen and oxygen atoms in total. The van der Waals surface area contributed by atoms with Gasteiger partial charge in [0, 0.05) is 12.5 Å². The van der Waals surface area contributed by atoms with E-state index in [1.807, 2.05) is 6.07 Å². The standard InChI is InChI=1S/C16H23NO3/c1-18-16-10-12(9-13-3-2-7-17-13)4-5-15(16)20-14-6-8-19-11-14/h4-5,10,13-14,17H,2-3,6-9,11H2,1H3. The summed E-state index contributed by atoms with van der Waals surface area (Å²) in [6, 6.07) is 6.88. The molecule has 4 heteroatoms. The van der Waals surface area contributed by atoms with Gasteiger partial charge in [-0.2, -0.15) is 0 Å². The van der Waals surface area contributed by atoms with Crippen LogP contribution in [0.5, 0.6) is 11.5 Å². The summed E-state index contributed by atoms with van der Waals surface area (Å²) in [4.78, 5) is 0. The topological polar surface area (TPSA) is 39.7 Å². The Morgan fingerprint density at radius 2 is 2.25 bits per heavy atom. The Morgan fingerprint density at radius 3 is 2.95 bits per heavy atom. The van der Waals surface area contributed by atoms with Gasteiger partial charge in [0.1, 0.15) is 6.10 Å². The first-order chi connectivity index (χ1) is 9.85. The minimum absolute atomic E-state index is 0.159. The number of hydrogen-bond acceptors (Lipinski definition) is 4. The van der Waals surface area contributed by atoms with Crippen molar-refractivity contribution in [2.75, 3.05) is 26.9 Å². The van der Waals surface area contributed by atoms with Gasteiger partial charge in [-0.05, 0) is 43.5 Å². The zero-order chi connectivity index (χ0) is 13.8. The van der Waals surface area contributed by atoms with E-state index in [0.717, 1.165) is 37.5 Å². The van der Waals surface area contributed by atoms with Gasteiger partial charge in [-0.3, -0.25) is 0 Å². The van der Waals surface area contributed by atoms with Crippen molar-refractivity contribution in [3.05, 3.63) is 23.8 Å². The molecule has 0 amide bonds. The van der Waals surface area contributed by atoms with Crippen LogP contribution >= 0.6 is 0 Å². The monoisotopic (exact) mass is 277 g/mol. The molecular formula is C16H23NO3. The van der Waals surface area contributed by atoms with E-state index in [-0.39, 0.29) is 6.10 Å². The van der Waals surface area contributed by atoms with Crippen LogP contribution in [0, 0.1) is 0 Å². The Kier molecular flexibility index (Phi) is 4.43. The summed E-state index contributed by atoms with van der Waals surface area (Å²) in [5.74, 6) is 1.65. The molecule has 2 aliphatic heterocycles. The van der Waals surface area contributed by atoms with Crippen molar-refractivity contribution in [1.29, 1.82) is 0 Å². The molecule has 0 aliphatic carbocycles. The molecule has 2 atom stereocenters. The van der Waals surface area contributed by atoms with Crippen LogP contribution in [0.15, 0.2) is 18.2 Å².